The van der Waals surface area contributed by atoms with E-state index in [4.69, 9.17) is 4.55 Å². The van der Waals surface area contributed by atoms with E-state index >= 15 is 0 Å². The maximum atomic E-state index is 11.7. The van der Waals surface area contributed by atoms with Crippen LogP contribution in [0.5, 0.6) is 0 Å². The lowest BCUT2D eigenvalue weighted by atomic mass is 10.1. The van der Waals surface area contributed by atoms with Gasteiger partial charge in [0.1, 0.15) is 0 Å². The second kappa shape index (κ2) is 8.73. The van der Waals surface area contributed by atoms with Crippen LogP contribution >= 0.6 is 0 Å². The van der Waals surface area contributed by atoms with Crippen molar-refractivity contribution in [2.24, 2.45) is 10.2 Å². The number of hydroxylamine groups is 2. The Bertz CT molecular complexity index is 788. The number of unbranched alkanes of at least 4 members (excludes halogenated alkanes) is 2. The van der Waals surface area contributed by atoms with Gasteiger partial charge in [0.2, 0.25) is 5.91 Å². The van der Waals surface area contributed by atoms with Crippen LogP contribution in [0.1, 0.15) is 51.9 Å². The number of imide groups is 1. The Kier molecular flexibility index (Phi) is 6.82. The molecule has 2 aliphatic rings. The molecule has 0 aromatic carbocycles. The van der Waals surface area contributed by atoms with Crippen LogP contribution < -0.4 is 5.32 Å². The molecule has 156 valence electrons. The fourth-order valence-electron chi connectivity index (χ4n) is 2.48. The van der Waals surface area contributed by atoms with Crippen molar-refractivity contribution >= 4 is 33.8 Å². The number of hydrogen-bond acceptors (Lipinski definition) is 9. The van der Waals surface area contributed by atoms with Crippen molar-refractivity contribution in [1.29, 1.82) is 0 Å². The Hall–Kier alpha value is -2.41. The monoisotopic (exact) mass is 418 g/mol. The normalized spacial score (nSPS) is 20.4. The van der Waals surface area contributed by atoms with Gasteiger partial charge < -0.3 is 10.2 Å². The van der Waals surface area contributed by atoms with Crippen LogP contribution in [0.2, 0.25) is 0 Å². The molecule has 2 heterocycles. The van der Waals surface area contributed by atoms with Crippen molar-refractivity contribution < 1.29 is 37.0 Å². The SMILES string of the molecule is CC1(CCC(=O)NCCCCCC(=O)ON2C(=O)C[C@H](S(=O)(=O)O)C2=O)N=N1. The predicted octanol–water partition coefficient (Wildman–Crippen LogP) is 0.0987. The summed E-state index contributed by atoms with van der Waals surface area (Å²) in [6, 6.07) is 0. The summed E-state index contributed by atoms with van der Waals surface area (Å²) in [5.41, 5.74) is -0.406. The molecule has 0 bridgehead atoms. The Morgan fingerprint density at radius 3 is 2.50 bits per heavy atom. The third-order valence-electron chi connectivity index (χ3n) is 4.26. The van der Waals surface area contributed by atoms with Gasteiger partial charge >= 0.3 is 5.97 Å². The van der Waals surface area contributed by atoms with E-state index in [1.54, 1.807) is 0 Å². The molecule has 28 heavy (non-hydrogen) atoms. The predicted molar refractivity (Wildman–Crippen MR) is 91.9 cm³/mol. The molecule has 1 atom stereocenters. The zero-order chi connectivity index (χ0) is 20.9. The molecule has 12 nitrogen and oxygen atoms in total. The highest BCUT2D eigenvalue weighted by Crippen LogP contribution is 2.31. The fourth-order valence-corrected chi connectivity index (χ4v) is 3.19. The van der Waals surface area contributed by atoms with Crippen LogP contribution in [0.3, 0.4) is 0 Å². The summed E-state index contributed by atoms with van der Waals surface area (Å²) < 4.78 is 30.9. The number of nitrogens with one attached hydrogen (secondary N) is 1. The highest BCUT2D eigenvalue weighted by atomic mass is 32.2. The van der Waals surface area contributed by atoms with Gasteiger partial charge in [0, 0.05) is 25.8 Å². The van der Waals surface area contributed by atoms with E-state index in [0.717, 1.165) is 0 Å². The Balaban J connectivity index is 1.57. The molecule has 0 unspecified atom stereocenters. The van der Waals surface area contributed by atoms with Crippen molar-refractivity contribution in [2.75, 3.05) is 6.54 Å². The first-order valence-corrected chi connectivity index (χ1v) is 10.3. The van der Waals surface area contributed by atoms with E-state index in [0.29, 0.717) is 38.6 Å². The van der Waals surface area contributed by atoms with Crippen molar-refractivity contribution in [3.63, 3.8) is 0 Å². The summed E-state index contributed by atoms with van der Waals surface area (Å²) in [6.45, 7) is 2.28. The van der Waals surface area contributed by atoms with Crippen molar-refractivity contribution in [3.05, 3.63) is 0 Å². The number of nitrogens with zero attached hydrogens (tertiary/aromatic N) is 3. The molecule has 3 amide bonds. The standard InChI is InChI=1S/C15H22N4O8S/c1-15(17-18-15)7-6-11(20)16-8-4-2-3-5-13(22)27-19-12(21)9-10(14(19)23)28(24,25)26/h10H,2-9H2,1H3,(H,16,20)(H,24,25,26)/t10-/m0/s1. The smallest absolute Gasteiger partial charge is 0.333 e. The molecule has 0 spiro atoms. The molecule has 0 radical (unpaired) electrons. The maximum Gasteiger partial charge on any atom is 0.333 e. The van der Waals surface area contributed by atoms with Crippen LogP contribution in [0.25, 0.3) is 0 Å². The zero-order valence-corrected chi connectivity index (χ0v) is 16.1. The molecule has 0 aromatic heterocycles. The number of rotatable bonds is 11. The first kappa shape index (κ1) is 21.9. The molecule has 13 heteroatoms. The quantitative estimate of drug-likeness (QED) is 0.270. The van der Waals surface area contributed by atoms with Crippen LogP contribution in [0.15, 0.2) is 10.2 Å². The van der Waals surface area contributed by atoms with E-state index in [1.165, 1.54) is 0 Å². The molecular formula is C15H22N4O8S. The van der Waals surface area contributed by atoms with Crippen molar-refractivity contribution in [2.45, 2.75) is 62.8 Å². The summed E-state index contributed by atoms with van der Waals surface area (Å²) in [4.78, 5) is 51.2. The second-order valence-corrected chi connectivity index (χ2v) is 8.37. The number of amides is 3. The molecule has 0 saturated carbocycles. The van der Waals surface area contributed by atoms with E-state index in [1.807, 2.05) is 6.92 Å². The van der Waals surface area contributed by atoms with Crippen LogP contribution in [0.4, 0.5) is 0 Å². The lowest BCUT2D eigenvalue weighted by Gasteiger charge is -2.13. The highest BCUT2D eigenvalue weighted by molar-refractivity contribution is 7.87. The largest absolute Gasteiger partial charge is 0.356 e. The minimum atomic E-state index is -4.74. The number of carbonyl (C=O) groups is 4. The average Bonchev–Trinajstić information content (AvgIpc) is 3.27. The Labute approximate surface area is 161 Å². The maximum absolute atomic E-state index is 11.7. The molecule has 1 fully saturated rings. The molecule has 1 saturated heterocycles. The van der Waals surface area contributed by atoms with Gasteiger partial charge in [-0.15, -0.1) is 5.06 Å². The Morgan fingerprint density at radius 2 is 1.93 bits per heavy atom. The lowest BCUT2D eigenvalue weighted by Crippen LogP contribution is -2.36. The van der Waals surface area contributed by atoms with Gasteiger partial charge in [-0.2, -0.15) is 18.6 Å². The minimum Gasteiger partial charge on any atom is -0.356 e. The van der Waals surface area contributed by atoms with Gasteiger partial charge in [-0.25, -0.2) is 4.79 Å². The molecular weight excluding hydrogens is 396 g/mol. The van der Waals surface area contributed by atoms with Gasteiger partial charge in [-0.05, 0) is 19.8 Å². The fraction of sp³-hybridized carbons (Fsp3) is 0.733. The first-order valence-electron chi connectivity index (χ1n) is 8.76. The van der Waals surface area contributed by atoms with Gasteiger partial charge in [0.25, 0.3) is 21.9 Å². The third-order valence-corrected chi connectivity index (χ3v) is 5.35. The summed E-state index contributed by atoms with van der Waals surface area (Å²) in [5, 5.41) is 8.52. The minimum absolute atomic E-state index is 0.0833. The van der Waals surface area contributed by atoms with Crippen LogP contribution in [0, 0.1) is 0 Å². The van der Waals surface area contributed by atoms with E-state index in [-0.39, 0.29) is 17.4 Å². The van der Waals surface area contributed by atoms with E-state index < -0.39 is 45.2 Å². The Morgan fingerprint density at radius 1 is 1.25 bits per heavy atom. The summed E-state index contributed by atoms with van der Waals surface area (Å²) in [5.74, 6) is -3.27. The van der Waals surface area contributed by atoms with E-state index in [9.17, 15) is 27.6 Å². The van der Waals surface area contributed by atoms with Gasteiger partial charge in [0.05, 0.1) is 6.42 Å². The summed E-state index contributed by atoms with van der Waals surface area (Å²) >= 11 is 0. The first-order chi connectivity index (χ1) is 13.0. The second-order valence-electron chi connectivity index (χ2n) is 6.77. The zero-order valence-electron chi connectivity index (χ0n) is 15.3. The molecule has 2 aliphatic heterocycles. The third kappa shape index (κ3) is 6.34. The number of carbonyl (C=O) groups excluding carboxylic acids is 4. The topological polar surface area (TPSA) is 172 Å². The summed E-state index contributed by atoms with van der Waals surface area (Å²) in [7, 11) is -4.74. The lowest BCUT2D eigenvalue weighted by molar-refractivity contribution is -0.197. The van der Waals surface area contributed by atoms with Crippen molar-refractivity contribution in [3.8, 4) is 0 Å². The van der Waals surface area contributed by atoms with Crippen LogP contribution in [-0.4, -0.2) is 59.2 Å². The average molecular weight is 418 g/mol. The van der Waals surface area contributed by atoms with Gasteiger partial charge in [-0.3, -0.25) is 18.9 Å². The van der Waals surface area contributed by atoms with Crippen LogP contribution in [-0.2, 0) is 34.1 Å². The highest BCUT2D eigenvalue weighted by Gasteiger charge is 2.48. The summed E-state index contributed by atoms with van der Waals surface area (Å²) in [6.07, 6.45) is 1.64. The van der Waals surface area contributed by atoms with Gasteiger partial charge in [-0.1, -0.05) is 6.42 Å². The van der Waals surface area contributed by atoms with E-state index in [2.05, 4.69) is 20.4 Å². The molecule has 2 N–H and O–H groups in total. The number of hydrogen-bond donors (Lipinski definition) is 2. The molecule has 2 rings (SSSR count). The van der Waals surface area contributed by atoms with Crippen molar-refractivity contribution in [1.82, 2.24) is 10.4 Å². The van der Waals surface area contributed by atoms with Gasteiger partial charge in [0.15, 0.2) is 10.9 Å². The molecule has 0 aromatic rings. The molecule has 0 aliphatic carbocycles.